The number of benzene rings is 4. The molecule has 0 bridgehead atoms. The standard InChI is InChI=1S/C43H49N3O6/c1-29-11-13-35(14-12-29)46(28-30-9-8-10-32(21-30)33-23-38(47-2)42(51-6)39(24-33)48-3)36-16-19-45(20-17-36)27-31-15-18-44-37(22-31)34-25-40(49-4)43(52-7)41(26-34)50-5/h8-15,18,21-26,36H,16-17,19-20,27-28H2,1-7H3. The van der Waals surface area contributed by atoms with Crippen LogP contribution in [-0.4, -0.2) is 71.7 Å². The van der Waals surface area contributed by atoms with Gasteiger partial charge in [-0.1, -0.05) is 35.9 Å². The second-order valence-corrected chi connectivity index (χ2v) is 13.0. The van der Waals surface area contributed by atoms with Gasteiger partial charge >= 0.3 is 0 Å². The number of methoxy groups -OCH3 is 6. The van der Waals surface area contributed by atoms with Crippen molar-refractivity contribution >= 4 is 5.69 Å². The van der Waals surface area contributed by atoms with E-state index in [0.717, 1.165) is 61.4 Å². The van der Waals surface area contributed by atoms with Crippen molar-refractivity contribution in [2.45, 2.75) is 38.9 Å². The molecule has 0 radical (unpaired) electrons. The Kier molecular flexibility index (Phi) is 11.7. The van der Waals surface area contributed by atoms with Crippen LogP contribution in [0.25, 0.3) is 22.4 Å². The summed E-state index contributed by atoms with van der Waals surface area (Å²) in [5.41, 5.74) is 8.85. The molecule has 0 unspecified atom stereocenters. The summed E-state index contributed by atoms with van der Waals surface area (Å²) < 4.78 is 33.6. The normalized spacial score (nSPS) is 13.4. The van der Waals surface area contributed by atoms with Gasteiger partial charge in [0, 0.05) is 49.7 Å². The Morgan fingerprint density at radius 2 is 1.19 bits per heavy atom. The fourth-order valence-corrected chi connectivity index (χ4v) is 7.07. The van der Waals surface area contributed by atoms with Crippen molar-refractivity contribution in [2.24, 2.45) is 0 Å². The number of piperidine rings is 1. The van der Waals surface area contributed by atoms with E-state index < -0.39 is 0 Å². The number of hydrogen-bond acceptors (Lipinski definition) is 9. The summed E-state index contributed by atoms with van der Waals surface area (Å²) in [6.07, 6.45) is 4.00. The van der Waals surface area contributed by atoms with E-state index in [1.54, 1.807) is 42.7 Å². The predicted molar refractivity (Wildman–Crippen MR) is 207 cm³/mol. The second kappa shape index (κ2) is 16.7. The maximum Gasteiger partial charge on any atom is 0.203 e. The molecule has 6 rings (SSSR count). The first kappa shape index (κ1) is 36.4. The summed E-state index contributed by atoms with van der Waals surface area (Å²) in [5.74, 6) is 3.65. The molecule has 272 valence electrons. The second-order valence-electron chi connectivity index (χ2n) is 13.0. The van der Waals surface area contributed by atoms with Crippen molar-refractivity contribution in [2.75, 3.05) is 60.6 Å². The topological polar surface area (TPSA) is 74.8 Å². The molecule has 2 heterocycles. The number of anilines is 1. The third kappa shape index (κ3) is 8.05. The highest BCUT2D eigenvalue weighted by Crippen LogP contribution is 2.42. The molecule has 5 aromatic rings. The van der Waals surface area contributed by atoms with E-state index in [4.69, 9.17) is 28.4 Å². The average Bonchev–Trinajstić information content (AvgIpc) is 3.19. The highest BCUT2D eigenvalue weighted by molar-refractivity contribution is 5.72. The van der Waals surface area contributed by atoms with Crippen LogP contribution in [0, 0.1) is 6.92 Å². The number of ether oxygens (including phenoxy) is 6. The molecule has 4 aromatic carbocycles. The Labute approximate surface area is 307 Å². The predicted octanol–water partition coefficient (Wildman–Crippen LogP) is 8.45. The van der Waals surface area contributed by atoms with Crippen molar-refractivity contribution in [3.05, 3.63) is 108 Å². The van der Waals surface area contributed by atoms with Gasteiger partial charge < -0.3 is 33.3 Å². The van der Waals surface area contributed by atoms with Gasteiger partial charge in [0.05, 0.1) is 48.4 Å². The largest absolute Gasteiger partial charge is 0.493 e. The summed E-state index contributed by atoms with van der Waals surface area (Å²) in [7, 11) is 9.79. The molecular weight excluding hydrogens is 654 g/mol. The van der Waals surface area contributed by atoms with E-state index in [1.165, 1.54) is 22.4 Å². The highest BCUT2D eigenvalue weighted by atomic mass is 16.5. The Morgan fingerprint density at radius 3 is 1.75 bits per heavy atom. The zero-order valence-electron chi connectivity index (χ0n) is 31.3. The zero-order valence-corrected chi connectivity index (χ0v) is 31.3. The third-order valence-corrected chi connectivity index (χ3v) is 9.83. The van der Waals surface area contributed by atoms with Crippen LogP contribution in [0.3, 0.4) is 0 Å². The van der Waals surface area contributed by atoms with E-state index in [0.29, 0.717) is 40.5 Å². The van der Waals surface area contributed by atoms with Gasteiger partial charge in [0.15, 0.2) is 23.0 Å². The zero-order chi connectivity index (χ0) is 36.6. The van der Waals surface area contributed by atoms with Gasteiger partial charge in [0.1, 0.15) is 0 Å². The van der Waals surface area contributed by atoms with Crippen LogP contribution in [-0.2, 0) is 13.1 Å². The Hall–Kier alpha value is -5.41. The molecule has 52 heavy (non-hydrogen) atoms. The first-order valence-electron chi connectivity index (χ1n) is 17.6. The number of likely N-dealkylation sites (tertiary alicyclic amines) is 1. The molecule has 1 fully saturated rings. The lowest BCUT2D eigenvalue weighted by Crippen LogP contribution is -2.44. The molecular formula is C43H49N3O6. The van der Waals surface area contributed by atoms with Gasteiger partial charge in [-0.05, 0) is 96.6 Å². The number of rotatable bonds is 14. The van der Waals surface area contributed by atoms with E-state index >= 15 is 0 Å². The SMILES string of the molecule is COc1cc(-c2cccc(CN(c3ccc(C)cc3)C3CCN(Cc4ccnc(-c5cc(OC)c(OC)c(OC)c5)c4)CC3)c2)cc(OC)c1OC. The number of aromatic nitrogens is 1. The Bertz CT molecular complexity index is 1910. The maximum absolute atomic E-state index is 5.65. The number of hydrogen-bond donors (Lipinski definition) is 0. The lowest BCUT2D eigenvalue weighted by molar-refractivity contribution is 0.201. The van der Waals surface area contributed by atoms with E-state index in [2.05, 4.69) is 82.4 Å². The first-order chi connectivity index (χ1) is 25.4. The first-order valence-corrected chi connectivity index (χ1v) is 17.6. The lowest BCUT2D eigenvalue weighted by Gasteiger charge is -2.40. The van der Waals surface area contributed by atoms with Gasteiger partial charge in [-0.2, -0.15) is 0 Å². The fraction of sp³-hybridized carbons (Fsp3) is 0.326. The van der Waals surface area contributed by atoms with E-state index in [1.807, 2.05) is 30.5 Å². The molecule has 1 aliphatic heterocycles. The van der Waals surface area contributed by atoms with Crippen molar-refractivity contribution in [3.8, 4) is 56.9 Å². The third-order valence-electron chi connectivity index (χ3n) is 9.83. The van der Waals surface area contributed by atoms with Gasteiger partial charge in [-0.3, -0.25) is 9.88 Å². The molecule has 0 N–H and O–H groups in total. The van der Waals surface area contributed by atoms with Crippen LogP contribution in [0.4, 0.5) is 5.69 Å². The monoisotopic (exact) mass is 703 g/mol. The number of nitrogens with zero attached hydrogens (tertiary/aromatic N) is 3. The van der Waals surface area contributed by atoms with Crippen LogP contribution < -0.4 is 33.3 Å². The molecule has 0 amide bonds. The summed E-state index contributed by atoms with van der Waals surface area (Å²) in [6, 6.07) is 30.2. The van der Waals surface area contributed by atoms with E-state index in [-0.39, 0.29) is 0 Å². The molecule has 9 heteroatoms. The van der Waals surface area contributed by atoms with Crippen LogP contribution in [0.5, 0.6) is 34.5 Å². The van der Waals surface area contributed by atoms with Gasteiger partial charge in [0.2, 0.25) is 11.5 Å². The minimum Gasteiger partial charge on any atom is -0.493 e. The molecule has 0 saturated carbocycles. The molecule has 0 aliphatic carbocycles. The minimum absolute atomic E-state index is 0.399. The van der Waals surface area contributed by atoms with Crippen molar-refractivity contribution in [3.63, 3.8) is 0 Å². The summed E-state index contributed by atoms with van der Waals surface area (Å²) >= 11 is 0. The van der Waals surface area contributed by atoms with Gasteiger partial charge in [0.25, 0.3) is 0 Å². The van der Waals surface area contributed by atoms with Crippen molar-refractivity contribution in [1.29, 1.82) is 0 Å². The van der Waals surface area contributed by atoms with Crippen LogP contribution in [0.2, 0.25) is 0 Å². The quantitative estimate of drug-likeness (QED) is 0.113. The minimum atomic E-state index is 0.399. The summed E-state index contributed by atoms with van der Waals surface area (Å²) in [6.45, 7) is 5.79. The Morgan fingerprint density at radius 1 is 0.615 bits per heavy atom. The molecule has 9 nitrogen and oxygen atoms in total. The lowest BCUT2D eigenvalue weighted by atomic mass is 9.98. The number of aryl methyl sites for hydroxylation is 1. The molecule has 1 saturated heterocycles. The van der Waals surface area contributed by atoms with Gasteiger partial charge in [-0.25, -0.2) is 0 Å². The molecule has 0 atom stereocenters. The van der Waals surface area contributed by atoms with Crippen molar-refractivity contribution in [1.82, 2.24) is 9.88 Å². The Balaban J connectivity index is 1.19. The fourth-order valence-electron chi connectivity index (χ4n) is 7.07. The van der Waals surface area contributed by atoms with Crippen LogP contribution in [0.15, 0.2) is 91.1 Å². The van der Waals surface area contributed by atoms with Crippen LogP contribution >= 0.6 is 0 Å². The number of pyridine rings is 1. The summed E-state index contributed by atoms with van der Waals surface area (Å²) in [5, 5.41) is 0. The molecule has 1 aliphatic rings. The van der Waals surface area contributed by atoms with Crippen molar-refractivity contribution < 1.29 is 28.4 Å². The smallest absolute Gasteiger partial charge is 0.203 e. The van der Waals surface area contributed by atoms with Crippen LogP contribution in [0.1, 0.15) is 29.5 Å². The molecule has 1 aromatic heterocycles. The van der Waals surface area contributed by atoms with E-state index in [9.17, 15) is 0 Å². The highest BCUT2D eigenvalue weighted by Gasteiger charge is 2.26. The maximum atomic E-state index is 5.65. The van der Waals surface area contributed by atoms with Gasteiger partial charge in [-0.15, -0.1) is 0 Å². The summed E-state index contributed by atoms with van der Waals surface area (Å²) in [4.78, 5) is 9.81. The average molecular weight is 704 g/mol. The molecule has 0 spiro atoms.